The molecule has 0 spiro atoms. The number of esters is 1. The topological polar surface area (TPSA) is 89.0 Å². The molecule has 8 heteroatoms. The zero-order valence-electron chi connectivity index (χ0n) is 18.3. The molecule has 0 bridgehead atoms. The Morgan fingerprint density at radius 2 is 1.73 bits per heavy atom. The molecule has 0 aliphatic heterocycles. The number of anilines is 1. The van der Waals surface area contributed by atoms with Crippen LogP contribution < -0.4 is 20.2 Å². The molecule has 7 nitrogen and oxygen atoms in total. The maximum atomic E-state index is 13.1. The summed E-state index contributed by atoms with van der Waals surface area (Å²) in [5, 5.41) is 6.97. The fourth-order valence-electron chi connectivity index (χ4n) is 2.77. The summed E-state index contributed by atoms with van der Waals surface area (Å²) < 4.78 is 24.0. The quantitative estimate of drug-likeness (QED) is 0.220. The summed E-state index contributed by atoms with van der Waals surface area (Å²) in [6, 6.07) is 17.6. The predicted octanol–water partition coefficient (Wildman–Crippen LogP) is 4.31. The van der Waals surface area contributed by atoms with Gasteiger partial charge in [0.15, 0.2) is 11.5 Å². The number of nitrogens with one attached hydrogen (secondary N) is 2. The van der Waals surface area contributed by atoms with Crippen molar-refractivity contribution in [2.75, 3.05) is 18.5 Å². The van der Waals surface area contributed by atoms with E-state index in [2.05, 4.69) is 15.8 Å². The number of amides is 1. The minimum atomic E-state index is -0.634. The highest BCUT2D eigenvalue weighted by molar-refractivity contribution is 5.91. The van der Waals surface area contributed by atoms with Crippen LogP contribution in [0.1, 0.15) is 28.4 Å². The molecule has 0 aliphatic carbocycles. The van der Waals surface area contributed by atoms with Crippen LogP contribution >= 0.6 is 0 Å². The Kier molecular flexibility index (Phi) is 8.13. The van der Waals surface area contributed by atoms with Crippen LogP contribution in [0.3, 0.4) is 0 Å². The molecule has 0 aliphatic rings. The number of halogens is 1. The molecule has 33 heavy (non-hydrogen) atoms. The molecule has 1 amide bonds. The lowest BCUT2D eigenvalue weighted by molar-refractivity contribution is -0.119. The molecule has 0 saturated heterocycles. The number of rotatable bonds is 9. The van der Waals surface area contributed by atoms with Gasteiger partial charge in [0.25, 0.3) is 5.91 Å². The van der Waals surface area contributed by atoms with Gasteiger partial charge in [-0.1, -0.05) is 17.7 Å². The van der Waals surface area contributed by atoms with Gasteiger partial charge >= 0.3 is 5.97 Å². The molecule has 0 saturated carbocycles. The Hall–Kier alpha value is -4.20. The molecule has 0 atom stereocenters. The van der Waals surface area contributed by atoms with Crippen LogP contribution in [0.25, 0.3) is 0 Å². The average Bonchev–Trinajstić information content (AvgIpc) is 2.81. The van der Waals surface area contributed by atoms with Crippen LogP contribution in [0.2, 0.25) is 0 Å². The summed E-state index contributed by atoms with van der Waals surface area (Å²) in [4.78, 5) is 24.3. The van der Waals surface area contributed by atoms with Crippen LogP contribution in [-0.2, 0) is 4.79 Å². The average molecular weight is 449 g/mol. The molecule has 3 aromatic carbocycles. The van der Waals surface area contributed by atoms with Gasteiger partial charge in [-0.2, -0.15) is 5.10 Å². The zero-order valence-corrected chi connectivity index (χ0v) is 18.3. The van der Waals surface area contributed by atoms with Gasteiger partial charge in [0.05, 0.1) is 24.9 Å². The highest BCUT2D eigenvalue weighted by Gasteiger charge is 2.13. The van der Waals surface area contributed by atoms with Gasteiger partial charge in [0.1, 0.15) is 5.82 Å². The second kappa shape index (κ2) is 11.4. The Morgan fingerprint density at radius 1 is 1.00 bits per heavy atom. The van der Waals surface area contributed by atoms with Gasteiger partial charge < -0.3 is 14.8 Å². The lowest BCUT2D eigenvalue weighted by Crippen LogP contribution is -2.25. The standard InChI is InChI=1S/C25H24FN3O4/c1-3-32-23-14-18(6-13-22(23)33-25(31)19-7-9-20(26)10-8-19)15-28-29-24(30)16-27-21-11-4-17(2)5-12-21/h4-15,27H,3,16H2,1-2H3,(H,29,30)/b28-15-. The number of carbonyl (C=O) groups excluding carboxylic acids is 2. The first-order chi connectivity index (χ1) is 15.9. The fraction of sp³-hybridized carbons (Fsp3) is 0.160. The second-order valence-corrected chi connectivity index (χ2v) is 7.05. The van der Waals surface area contributed by atoms with E-state index in [-0.39, 0.29) is 23.8 Å². The number of hydrazone groups is 1. The van der Waals surface area contributed by atoms with E-state index >= 15 is 0 Å². The van der Waals surface area contributed by atoms with E-state index < -0.39 is 11.8 Å². The van der Waals surface area contributed by atoms with Crippen LogP contribution in [0, 0.1) is 12.7 Å². The van der Waals surface area contributed by atoms with Crippen molar-refractivity contribution < 1.29 is 23.5 Å². The van der Waals surface area contributed by atoms with Crippen molar-refractivity contribution in [2.45, 2.75) is 13.8 Å². The number of hydrogen-bond donors (Lipinski definition) is 2. The van der Waals surface area contributed by atoms with Crippen molar-refractivity contribution in [3.8, 4) is 11.5 Å². The van der Waals surface area contributed by atoms with E-state index in [9.17, 15) is 14.0 Å². The van der Waals surface area contributed by atoms with E-state index in [1.165, 1.54) is 30.5 Å². The number of ether oxygens (including phenoxy) is 2. The minimum Gasteiger partial charge on any atom is -0.490 e. The molecule has 2 N–H and O–H groups in total. The van der Waals surface area contributed by atoms with E-state index in [0.29, 0.717) is 17.9 Å². The number of nitrogens with zero attached hydrogens (tertiary/aromatic N) is 1. The maximum Gasteiger partial charge on any atom is 0.343 e. The summed E-state index contributed by atoms with van der Waals surface area (Å²) in [6.45, 7) is 4.21. The molecule has 0 aromatic heterocycles. The number of hydrogen-bond acceptors (Lipinski definition) is 6. The van der Waals surface area contributed by atoms with Gasteiger partial charge in [0, 0.05) is 5.69 Å². The van der Waals surface area contributed by atoms with E-state index in [0.717, 1.165) is 11.3 Å². The number of benzene rings is 3. The Bertz CT molecular complexity index is 1130. The molecule has 0 fully saturated rings. The van der Waals surface area contributed by atoms with Crippen molar-refractivity contribution in [1.82, 2.24) is 5.43 Å². The summed E-state index contributed by atoms with van der Waals surface area (Å²) in [6.07, 6.45) is 1.46. The molecule has 0 radical (unpaired) electrons. The maximum absolute atomic E-state index is 13.1. The van der Waals surface area contributed by atoms with E-state index in [1.807, 2.05) is 31.2 Å². The molecule has 3 rings (SSSR count). The van der Waals surface area contributed by atoms with Crippen LogP contribution in [0.5, 0.6) is 11.5 Å². The fourth-order valence-corrected chi connectivity index (χ4v) is 2.77. The minimum absolute atomic E-state index is 0.0723. The third-order valence-electron chi connectivity index (χ3n) is 4.46. The van der Waals surface area contributed by atoms with Gasteiger partial charge in [-0.25, -0.2) is 14.6 Å². The molecule has 0 heterocycles. The first kappa shape index (κ1) is 23.5. The normalized spacial score (nSPS) is 10.6. The Morgan fingerprint density at radius 3 is 2.42 bits per heavy atom. The van der Waals surface area contributed by atoms with Crippen LogP contribution in [0.15, 0.2) is 71.8 Å². The summed E-state index contributed by atoms with van der Waals surface area (Å²) in [5.41, 5.74) is 5.27. The molecule has 3 aromatic rings. The van der Waals surface area contributed by atoms with E-state index in [4.69, 9.17) is 9.47 Å². The van der Waals surface area contributed by atoms with Gasteiger partial charge in [-0.05, 0) is 74.0 Å². The zero-order chi connectivity index (χ0) is 23.6. The number of carbonyl (C=O) groups is 2. The van der Waals surface area contributed by atoms with Crippen molar-refractivity contribution in [2.24, 2.45) is 5.10 Å². The van der Waals surface area contributed by atoms with Gasteiger partial charge in [0.2, 0.25) is 0 Å². The van der Waals surface area contributed by atoms with Gasteiger partial charge in [-0.15, -0.1) is 0 Å². The summed E-state index contributed by atoms with van der Waals surface area (Å²) in [7, 11) is 0. The summed E-state index contributed by atoms with van der Waals surface area (Å²) in [5.74, 6) is -0.824. The largest absolute Gasteiger partial charge is 0.490 e. The highest BCUT2D eigenvalue weighted by atomic mass is 19.1. The first-order valence-corrected chi connectivity index (χ1v) is 10.3. The smallest absolute Gasteiger partial charge is 0.343 e. The molecular formula is C25H24FN3O4. The van der Waals surface area contributed by atoms with E-state index in [1.54, 1.807) is 25.1 Å². The van der Waals surface area contributed by atoms with Crippen molar-refractivity contribution in [3.05, 3.63) is 89.2 Å². The Balaban J connectivity index is 1.58. The monoisotopic (exact) mass is 449 g/mol. The van der Waals surface area contributed by atoms with Crippen molar-refractivity contribution in [1.29, 1.82) is 0 Å². The first-order valence-electron chi connectivity index (χ1n) is 10.3. The van der Waals surface area contributed by atoms with Gasteiger partial charge in [-0.3, -0.25) is 4.79 Å². The summed E-state index contributed by atoms with van der Waals surface area (Å²) >= 11 is 0. The molecule has 170 valence electrons. The van der Waals surface area contributed by atoms with Crippen LogP contribution in [0.4, 0.5) is 10.1 Å². The third-order valence-corrected chi connectivity index (χ3v) is 4.46. The number of aryl methyl sites for hydroxylation is 1. The Labute approximate surface area is 191 Å². The highest BCUT2D eigenvalue weighted by Crippen LogP contribution is 2.29. The second-order valence-electron chi connectivity index (χ2n) is 7.05. The van der Waals surface area contributed by atoms with Crippen LogP contribution in [-0.4, -0.2) is 31.2 Å². The predicted molar refractivity (Wildman–Crippen MR) is 124 cm³/mol. The molecular weight excluding hydrogens is 425 g/mol. The molecule has 0 unspecified atom stereocenters. The lowest BCUT2D eigenvalue weighted by atomic mass is 10.2. The lowest BCUT2D eigenvalue weighted by Gasteiger charge is -2.11. The van der Waals surface area contributed by atoms with Crippen molar-refractivity contribution >= 4 is 23.8 Å². The third kappa shape index (κ3) is 7.17. The van der Waals surface area contributed by atoms with Crippen molar-refractivity contribution in [3.63, 3.8) is 0 Å². The SMILES string of the molecule is CCOc1cc(/C=N\NC(=O)CNc2ccc(C)cc2)ccc1OC(=O)c1ccc(F)cc1.